The molecule has 0 heterocycles. The Hall–Kier alpha value is -2.23. The number of hydrogen-bond acceptors (Lipinski definition) is 2. The first-order chi connectivity index (χ1) is 11.8. The summed E-state index contributed by atoms with van der Waals surface area (Å²) < 4.78 is 26.7. The Morgan fingerprint density at radius 3 is 2.62 bits per heavy atom. The number of benzene rings is 2. The molecule has 0 unspecified atom stereocenters. The van der Waals surface area contributed by atoms with Gasteiger partial charge in [0.25, 0.3) is 0 Å². The van der Waals surface area contributed by atoms with Gasteiger partial charge in [0.1, 0.15) is 6.61 Å². The van der Waals surface area contributed by atoms with E-state index in [1.54, 1.807) is 6.21 Å². The second-order valence-electron chi connectivity index (χ2n) is 6.18. The van der Waals surface area contributed by atoms with E-state index < -0.39 is 11.6 Å². The molecule has 0 aromatic heterocycles. The van der Waals surface area contributed by atoms with Crippen LogP contribution in [0, 0.1) is 11.6 Å². The molecule has 2 nitrogen and oxygen atoms in total. The van der Waals surface area contributed by atoms with Crippen LogP contribution in [-0.2, 0) is 11.4 Å². The Labute approximate surface area is 141 Å². The van der Waals surface area contributed by atoms with Crippen LogP contribution in [0.1, 0.15) is 54.7 Å². The Morgan fingerprint density at radius 1 is 1.00 bits per heavy atom. The van der Waals surface area contributed by atoms with Gasteiger partial charge in [0.2, 0.25) is 0 Å². The summed E-state index contributed by atoms with van der Waals surface area (Å²) in [6, 6.07) is 12.2. The molecule has 0 bridgehead atoms. The van der Waals surface area contributed by atoms with Gasteiger partial charge in [0.05, 0.1) is 6.21 Å². The summed E-state index contributed by atoms with van der Waals surface area (Å²) >= 11 is 0. The van der Waals surface area contributed by atoms with Crippen LogP contribution < -0.4 is 0 Å². The molecular weight excluding hydrogens is 308 g/mol. The van der Waals surface area contributed by atoms with Crippen molar-refractivity contribution in [3.8, 4) is 0 Å². The van der Waals surface area contributed by atoms with Crippen molar-refractivity contribution < 1.29 is 13.6 Å². The molecule has 1 fully saturated rings. The lowest BCUT2D eigenvalue weighted by molar-refractivity contribution is 0.129. The molecule has 1 aliphatic rings. The number of halogens is 2. The molecule has 0 spiro atoms. The summed E-state index contributed by atoms with van der Waals surface area (Å²) in [5.74, 6) is -1.18. The van der Waals surface area contributed by atoms with Crippen molar-refractivity contribution in [1.29, 1.82) is 0 Å². The third-order valence-corrected chi connectivity index (χ3v) is 4.56. The lowest BCUT2D eigenvalue weighted by Crippen LogP contribution is -2.07. The molecule has 1 saturated carbocycles. The average Bonchev–Trinajstić information content (AvgIpc) is 2.63. The van der Waals surface area contributed by atoms with Gasteiger partial charge in [-0.2, -0.15) is 0 Å². The van der Waals surface area contributed by atoms with Crippen LogP contribution in [0.25, 0.3) is 0 Å². The molecule has 0 saturated heterocycles. The minimum absolute atomic E-state index is 0.0916. The zero-order valence-corrected chi connectivity index (χ0v) is 13.6. The highest BCUT2D eigenvalue weighted by atomic mass is 19.2. The molecule has 126 valence electrons. The van der Waals surface area contributed by atoms with E-state index in [2.05, 4.69) is 11.2 Å². The molecule has 0 N–H and O–H groups in total. The Balaban J connectivity index is 1.65. The third-order valence-electron chi connectivity index (χ3n) is 4.56. The Bertz CT molecular complexity index is 709. The summed E-state index contributed by atoms with van der Waals surface area (Å²) in [4.78, 5) is 5.16. The minimum Gasteiger partial charge on any atom is -0.391 e. The van der Waals surface area contributed by atoms with E-state index >= 15 is 0 Å². The fourth-order valence-electron chi connectivity index (χ4n) is 3.27. The van der Waals surface area contributed by atoms with E-state index in [4.69, 9.17) is 4.84 Å². The molecule has 0 radical (unpaired) electrons. The van der Waals surface area contributed by atoms with Crippen LogP contribution in [0.5, 0.6) is 0 Å². The number of oxime groups is 1. The molecular formula is C20H21F2NO. The summed E-state index contributed by atoms with van der Waals surface area (Å²) in [5, 5.41) is 3.95. The Kier molecular flexibility index (Phi) is 5.57. The first-order valence-electron chi connectivity index (χ1n) is 8.43. The van der Waals surface area contributed by atoms with Crippen LogP contribution in [0.15, 0.2) is 47.6 Å². The monoisotopic (exact) mass is 329 g/mol. The highest BCUT2D eigenvalue weighted by Gasteiger charge is 2.17. The normalized spacial score (nSPS) is 15.8. The summed E-state index contributed by atoms with van der Waals surface area (Å²) in [5.41, 5.74) is 2.48. The van der Waals surface area contributed by atoms with Gasteiger partial charge in [0.15, 0.2) is 11.6 Å². The Morgan fingerprint density at radius 2 is 1.79 bits per heavy atom. The van der Waals surface area contributed by atoms with Crippen molar-refractivity contribution in [2.45, 2.75) is 44.6 Å². The molecule has 1 aliphatic carbocycles. The molecule has 24 heavy (non-hydrogen) atoms. The van der Waals surface area contributed by atoms with Crippen LogP contribution in [-0.4, -0.2) is 6.21 Å². The average molecular weight is 329 g/mol. The van der Waals surface area contributed by atoms with Gasteiger partial charge in [0, 0.05) is 5.56 Å². The second-order valence-corrected chi connectivity index (χ2v) is 6.18. The number of hydrogen-bond donors (Lipinski definition) is 0. The van der Waals surface area contributed by atoms with E-state index in [0.717, 1.165) is 11.6 Å². The van der Waals surface area contributed by atoms with Gasteiger partial charge >= 0.3 is 0 Å². The quantitative estimate of drug-likeness (QED) is 0.519. The lowest BCUT2D eigenvalue weighted by atomic mass is 9.82. The topological polar surface area (TPSA) is 21.6 Å². The van der Waals surface area contributed by atoms with Crippen LogP contribution in [0.4, 0.5) is 8.78 Å². The SMILES string of the molecule is Fc1cccc(CON=Cc2ccccc2C2CCCCC2)c1F. The van der Waals surface area contributed by atoms with Crippen molar-refractivity contribution >= 4 is 6.21 Å². The van der Waals surface area contributed by atoms with Gasteiger partial charge in [-0.3, -0.25) is 0 Å². The fourth-order valence-corrected chi connectivity index (χ4v) is 3.27. The maximum absolute atomic E-state index is 13.6. The first-order valence-corrected chi connectivity index (χ1v) is 8.43. The molecule has 0 atom stereocenters. The summed E-state index contributed by atoms with van der Waals surface area (Å²) in [6.45, 7) is -0.0916. The smallest absolute Gasteiger partial charge is 0.165 e. The van der Waals surface area contributed by atoms with Gasteiger partial charge in [-0.25, -0.2) is 8.78 Å². The van der Waals surface area contributed by atoms with E-state index in [1.807, 2.05) is 18.2 Å². The lowest BCUT2D eigenvalue weighted by Gasteiger charge is -2.23. The number of rotatable bonds is 5. The van der Waals surface area contributed by atoms with E-state index in [-0.39, 0.29) is 12.2 Å². The van der Waals surface area contributed by atoms with Crippen molar-refractivity contribution in [3.05, 3.63) is 70.8 Å². The van der Waals surface area contributed by atoms with Gasteiger partial charge in [-0.05, 0) is 36.0 Å². The first kappa shape index (κ1) is 16.6. The molecule has 2 aromatic carbocycles. The molecule has 2 aromatic rings. The van der Waals surface area contributed by atoms with Crippen LogP contribution >= 0.6 is 0 Å². The van der Waals surface area contributed by atoms with E-state index in [0.29, 0.717) is 5.92 Å². The highest BCUT2D eigenvalue weighted by molar-refractivity contribution is 5.81. The van der Waals surface area contributed by atoms with Crippen molar-refractivity contribution in [2.24, 2.45) is 5.16 Å². The third kappa shape index (κ3) is 3.99. The predicted octanol–water partition coefficient (Wildman–Crippen LogP) is 5.56. The summed E-state index contributed by atoms with van der Waals surface area (Å²) in [7, 11) is 0. The molecule has 0 amide bonds. The van der Waals surface area contributed by atoms with E-state index in [1.165, 1.54) is 49.8 Å². The maximum atomic E-state index is 13.6. The van der Waals surface area contributed by atoms with Crippen LogP contribution in [0.2, 0.25) is 0 Å². The predicted molar refractivity (Wildman–Crippen MR) is 91.0 cm³/mol. The van der Waals surface area contributed by atoms with Crippen molar-refractivity contribution in [3.63, 3.8) is 0 Å². The van der Waals surface area contributed by atoms with Crippen LogP contribution in [0.3, 0.4) is 0 Å². The number of nitrogens with zero attached hydrogens (tertiary/aromatic N) is 1. The summed E-state index contributed by atoms with van der Waals surface area (Å²) in [6.07, 6.45) is 7.94. The maximum Gasteiger partial charge on any atom is 0.165 e. The van der Waals surface area contributed by atoms with Gasteiger partial charge in [-0.1, -0.05) is 60.8 Å². The zero-order chi connectivity index (χ0) is 16.8. The standard InChI is InChI=1S/C20H21F2NO/c21-19-12-6-10-17(20(19)22)14-24-23-13-16-9-4-5-11-18(16)15-7-2-1-3-8-15/h4-6,9-13,15H,1-3,7-8,14H2. The molecule has 0 aliphatic heterocycles. The van der Waals surface area contributed by atoms with Crippen molar-refractivity contribution in [2.75, 3.05) is 0 Å². The van der Waals surface area contributed by atoms with Gasteiger partial charge < -0.3 is 4.84 Å². The van der Waals surface area contributed by atoms with Gasteiger partial charge in [-0.15, -0.1) is 0 Å². The van der Waals surface area contributed by atoms with E-state index in [9.17, 15) is 8.78 Å². The largest absolute Gasteiger partial charge is 0.391 e. The minimum atomic E-state index is -0.879. The molecule has 3 rings (SSSR count). The van der Waals surface area contributed by atoms with Crippen molar-refractivity contribution in [1.82, 2.24) is 0 Å². The fraction of sp³-hybridized carbons (Fsp3) is 0.350. The highest BCUT2D eigenvalue weighted by Crippen LogP contribution is 2.33. The molecule has 4 heteroatoms. The zero-order valence-electron chi connectivity index (χ0n) is 13.6. The second kappa shape index (κ2) is 8.04.